The van der Waals surface area contributed by atoms with E-state index in [4.69, 9.17) is 0 Å². The van der Waals surface area contributed by atoms with Crippen molar-refractivity contribution >= 4 is 23.2 Å². The van der Waals surface area contributed by atoms with Crippen LogP contribution in [0.15, 0.2) is 41.0 Å². The zero-order valence-corrected chi connectivity index (χ0v) is 15.4. The van der Waals surface area contributed by atoms with Gasteiger partial charge < -0.3 is 15.5 Å². The summed E-state index contributed by atoms with van der Waals surface area (Å²) in [5.74, 6) is 1.68. The molecule has 1 saturated heterocycles. The van der Waals surface area contributed by atoms with Gasteiger partial charge in [0.2, 0.25) is 5.95 Å². The van der Waals surface area contributed by atoms with Gasteiger partial charge in [-0.1, -0.05) is 6.07 Å². The summed E-state index contributed by atoms with van der Waals surface area (Å²) in [5, 5.41) is 8.82. The molecule has 1 aliphatic rings. The second-order valence-corrected chi connectivity index (χ2v) is 6.84. The Balaban J connectivity index is 1.34. The van der Waals surface area contributed by atoms with Crippen LogP contribution in [0.5, 0.6) is 0 Å². The van der Waals surface area contributed by atoms with E-state index < -0.39 is 0 Å². The summed E-state index contributed by atoms with van der Waals surface area (Å²) in [6.07, 6.45) is 3.60. The van der Waals surface area contributed by atoms with E-state index >= 15 is 0 Å². The van der Waals surface area contributed by atoms with Crippen LogP contribution < -0.4 is 15.5 Å². The van der Waals surface area contributed by atoms with Crippen LogP contribution in [-0.4, -0.2) is 67.1 Å². The number of aromatic nitrogens is 2. The lowest BCUT2D eigenvalue weighted by Crippen LogP contribution is -2.49. The summed E-state index contributed by atoms with van der Waals surface area (Å²) in [6, 6.07) is 6.05. The van der Waals surface area contributed by atoms with Gasteiger partial charge in [-0.2, -0.15) is 0 Å². The monoisotopic (exact) mass is 359 g/mol. The fourth-order valence-corrected chi connectivity index (χ4v) is 3.41. The predicted molar refractivity (Wildman–Crippen MR) is 103 cm³/mol. The number of nitrogens with zero attached hydrogens (tertiary/aromatic N) is 5. The molecule has 3 heterocycles. The second-order valence-electron chi connectivity index (χ2n) is 5.81. The van der Waals surface area contributed by atoms with Crippen molar-refractivity contribution in [3.63, 3.8) is 0 Å². The van der Waals surface area contributed by atoms with E-state index in [0.29, 0.717) is 0 Å². The van der Waals surface area contributed by atoms with Crippen molar-refractivity contribution in [2.45, 2.75) is 6.54 Å². The molecular formula is C17H25N7S. The van der Waals surface area contributed by atoms with Crippen LogP contribution in [-0.2, 0) is 6.54 Å². The van der Waals surface area contributed by atoms with Crippen molar-refractivity contribution in [3.05, 3.63) is 40.8 Å². The quantitative estimate of drug-likeness (QED) is 0.593. The minimum Gasteiger partial charge on any atom is -0.355 e. The summed E-state index contributed by atoms with van der Waals surface area (Å²) in [5.41, 5.74) is 0. The van der Waals surface area contributed by atoms with E-state index in [1.807, 2.05) is 13.1 Å². The third-order valence-corrected chi connectivity index (χ3v) is 5.04. The first-order chi connectivity index (χ1) is 12.3. The van der Waals surface area contributed by atoms with Crippen molar-refractivity contribution in [1.82, 2.24) is 25.5 Å². The summed E-state index contributed by atoms with van der Waals surface area (Å²) in [6.45, 7) is 6.69. The molecule has 0 radical (unpaired) electrons. The SMILES string of the molecule is CN=C(NCCN1CCN(c2ncccn2)CC1)NCc1cccs1. The molecular weight excluding hydrogens is 334 g/mol. The van der Waals surface area contributed by atoms with Gasteiger partial charge in [0.25, 0.3) is 0 Å². The van der Waals surface area contributed by atoms with Crippen molar-refractivity contribution < 1.29 is 0 Å². The number of hydrogen-bond donors (Lipinski definition) is 2. The van der Waals surface area contributed by atoms with Crippen molar-refractivity contribution in [3.8, 4) is 0 Å². The highest BCUT2D eigenvalue weighted by molar-refractivity contribution is 7.09. The zero-order chi connectivity index (χ0) is 17.3. The molecule has 0 unspecified atom stereocenters. The van der Waals surface area contributed by atoms with Crippen molar-refractivity contribution in [2.75, 3.05) is 51.2 Å². The van der Waals surface area contributed by atoms with Gasteiger partial charge in [0.15, 0.2) is 5.96 Å². The Morgan fingerprint density at radius 3 is 2.64 bits per heavy atom. The van der Waals surface area contributed by atoms with Gasteiger partial charge in [-0.3, -0.25) is 9.89 Å². The van der Waals surface area contributed by atoms with E-state index in [1.54, 1.807) is 23.7 Å². The number of hydrogen-bond acceptors (Lipinski definition) is 6. The van der Waals surface area contributed by atoms with Crippen molar-refractivity contribution in [1.29, 1.82) is 0 Å². The summed E-state index contributed by atoms with van der Waals surface area (Å²) < 4.78 is 0. The Morgan fingerprint density at radius 1 is 1.16 bits per heavy atom. The molecule has 25 heavy (non-hydrogen) atoms. The number of aliphatic imine (C=N–C) groups is 1. The number of rotatable bonds is 6. The fraction of sp³-hybridized carbons (Fsp3) is 0.471. The molecule has 0 atom stereocenters. The van der Waals surface area contributed by atoms with Crippen LogP contribution in [0.2, 0.25) is 0 Å². The first kappa shape index (κ1) is 17.6. The highest BCUT2D eigenvalue weighted by atomic mass is 32.1. The summed E-state index contributed by atoms with van der Waals surface area (Å²) in [4.78, 5) is 18.9. The molecule has 2 aromatic heterocycles. The number of guanidine groups is 1. The number of nitrogens with one attached hydrogen (secondary N) is 2. The molecule has 0 saturated carbocycles. The molecule has 8 heteroatoms. The number of anilines is 1. The molecule has 1 fully saturated rings. The molecule has 2 N–H and O–H groups in total. The molecule has 0 bridgehead atoms. The van der Waals surface area contributed by atoms with E-state index in [2.05, 4.69) is 52.9 Å². The van der Waals surface area contributed by atoms with E-state index in [-0.39, 0.29) is 0 Å². The maximum Gasteiger partial charge on any atom is 0.225 e. The Hall–Kier alpha value is -2.19. The normalized spacial score (nSPS) is 16.0. The molecule has 2 aromatic rings. The minimum atomic E-state index is 0.813. The van der Waals surface area contributed by atoms with Gasteiger partial charge in [0.05, 0.1) is 6.54 Å². The minimum absolute atomic E-state index is 0.813. The Morgan fingerprint density at radius 2 is 1.96 bits per heavy atom. The van der Waals surface area contributed by atoms with Gasteiger partial charge in [-0.25, -0.2) is 9.97 Å². The first-order valence-corrected chi connectivity index (χ1v) is 9.44. The van der Waals surface area contributed by atoms with Gasteiger partial charge in [-0.15, -0.1) is 11.3 Å². The standard InChI is InChI=1S/C17H25N7S/c1-18-16(22-14-15-4-2-13-25-15)19-7-8-23-9-11-24(12-10-23)17-20-5-3-6-21-17/h2-6,13H,7-12,14H2,1H3,(H2,18,19,22). The Kier molecular flexibility index (Phi) is 6.58. The van der Waals surface area contributed by atoms with Gasteiger partial charge in [0, 0.05) is 63.6 Å². The molecule has 0 aliphatic carbocycles. The van der Waals surface area contributed by atoms with Gasteiger partial charge >= 0.3 is 0 Å². The summed E-state index contributed by atoms with van der Waals surface area (Å²) in [7, 11) is 1.81. The first-order valence-electron chi connectivity index (χ1n) is 8.56. The molecule has 1 aliphatic heterocycles. The second kappa shape index (κ2) is 9.33. The van der Waals surface area contributed by atoms with E-state index in [9.17, 15) is 0 Å². The number of piperazine rings is 1. The molecule has 3 rings (SSSR count). The lowest BCUT2D eigenvalue weighted by molar-refractivity contribution is 0.260. The van der Waals surface area contributed by atoms with Crippen molar-refractivity contribution in [2.24, 2.45) is 4.99 Å². The van der Waals surface area contributed by atoms with Gasteiger partial charge in [0.1, 0.15) is 0 Å². The smallest absolute Gasteiger partial charge is 0.225 e. The Labute approximate surface area is 152 Å². The lowest BCUT2D eigenvalue weighted by atomic mass is 10.3. The fourth-order valence-electron chi connectivity index (χ4n) is 2.76. The van der Waals surface area contributed by atoms with Crippen LogP contribution in [0.3, 0.4) is 0 Å². The largest absolute Gasteiger partial charge is 0.355 e. The van der Waals surface area contributed by atoms with E-state index in [0.717, 1.165) is 57.7 Å². The van der Waals surface area contributed by atoms with Crippen LogP contribution >= 0.6 is 11.3 Å². The highest BCUT2D eigenvalue weighted by Crippen LogP contribution is 2.09. The van der Waals surface area contributed by atoms with Gasteiger partial charge in [-0.05, 0) is 17.5 Å². The highest BCUT2D eigenvalue weighted by Gasteiger charge is 2.18. The van der Waals surface area contributed by atoms with Crippen LogP contribution in [0.4, 0.5) is 5.95 Å². The molecule has 0 spiro atoms. The molecule has 7 nitrogen and oxygen atoms in total. The van der Waals surface area contributed by atoms with Crippen LogP contribution in [0.25, 0.3) is 0 Å². The average Bonchev–Trinajstić information content (AvgIpc) is 3.19. The molecule has 0 aromatic carbocycles. The zero-order valence-electron chi connectivity index (χ0n) is 14.6. The number of thiophene rings is 1. The molecule has 0 amide bonds. The van der Waals surface area contributed by atoms with Crippen LogP contribution in [0, 0.1) is 0 Å². The van der Waals surface area contributed by atoms with Crippen LogP contribution in [0.1, 0.15) is 4.88 Å². The molecule has 134 valence electrons. The lowest BCUT2D eigenvalue weighted by Gasteiger charge is -2.34. The average molecular weight is 360 g/mol. The third-order valence-electron chi connectivity index (χ3n) is 4.16. The predicted octanol–water partition coefficient (Wildman–Crippen LogP) is 1.03. The van der Waals surface area contributed by atoms with E-state index in [1.165, 1.54) is 4.88 Å². The maximum absolute atomic E-state index is 4.33. The Bertz CT molecular complexity index is 636. The third kappa shape index (κ3) is 5.40. The summed E-state index contributed by atoms with van der Waals surface area (Å²) >= 11 is 1.75. The topological polar surface area (TPSA) is 68.7 Å². The maximum atomic E-state index is 4.33.